The Morgan fingerprint density at radius 1 is 1.13 bits per heavy atom. The molecule has 0 aromatic heterocycles. The molecule has 23 heavy (non-hydrogen) atoms. The highest BCUT2D eigenvalue weighted by atomic mass is 16.6. The van der Waals surface area contributed by atoms with Gasteiger partial charge in [0, 0.05) is 5.69 Å². The van der Waals surface area contributed by atoms with Crippen molar-refractivity contribution in [1.29, 1.82) is 0 Å². The van der Waals surface area contributed by atoms with E-state index in [1.807, 2.05) is 6.07 Å². The Morgan fingerprint density at radius 2 is 1.83 bits per heavy atom. The highest BCUT2D eigenvalue weighted by Crippen LogP contribution is 2.27. The summed E-state index contributed by atoms with van der Waals surface area (Å²) < 4.78 is 5.21. The molecule has 1 amide bonds. The van der Waals surface area contributed by atoms with Gasteiger partial charge in [0.25, 0.3) is 0 Å². The van der Waals surface area contributed by atoms with Gasteiger partial charge >= 0.3 is 6.09 Å². The number of nitrogens with one attached hydrogen (secondary N) is 1. The van der Waals surface area contributed by atoms with Crippen molar-refractivity contribution in [1.82, 2.24) is 0 Å². The van der Waals surface area contributed by atoms with Crippen LogP contribution in [-0.4, -0.2) is 23.1 Å². The number of rotatable bonds is 3. The Kier molecular flexibility index (Phi) is 4.69. The minimum atomic E-state index is -0.571. The molecule has 2 aromatic rings. The second kappa shape index (κ2) is 6.52. The van der Waals surface area contributed by atoms with E-state index < -0.39 is 11.7 Å². The number of anilines is 1. The third-order valence-corrected chi connectivity index (χ3v) is 3.00. The van der Waals surface area contributed by atoms with Gasteiger partial charge in [-0.3, -0.25) is 10.1 Å². The van der Waals surface area contributed by atoms with Crippen LogP contribution in [0.15, 0.2) is 42.5 Å². The van der Waals surface area contributed by atoms with Crippen LogP contribution in [0.3, 0.4) is 0 Å². The zero-order chi connectivity index (χ0) is 17.0. The van der Waals surface area contributed by atoms with E-state index in [0.717, 1.165) is 11.1 Å². The van der Waals surface area contributed by atoms with Crippen molar-refractivity contribution in [3.8, 4) is 16.9 Å². The topological polar surface area (TPSA) is 75.6 Å². The maximum atomic E-state index is 11.8. The number of phenols is 1. The average molecular weight is 313 g/mol. The number of aldehydes is 1. The standard InChI is InChI=1S/C18H19NO4/c1-18(2,3)23-17(22)19-15-6-4-5-12(9-15)13-7-8-14(11-20)16(21)10-13/h4-11,21H,1-3H3,(H,19,22). The van der Waals surface area contributed by atoms with Gasteiger partial charge in [0.1, 0.15) is 11.4 Å². The van der Waals surface area contributed by atoms with Crippen LogP contribution >= 0.6 is 0 Å². The van der Waals surface area contributed by atoms with Crippen molar-refractivity contribution < 1.29 is 19.4 Å². The van der Waals surface area contributed by atoms with Crippen molar-refractivity contribution in [2.45, 2.75) is 26.4 Å². The van der Waals surface area contributed by atoms with Gasteiger partial charge in [-0.1, -0.05) is 18.2 Å². The van der Waals surface area contributed by atoms with Crippen molar-refractivity contribution in [2.24, 2.45) is 0 Å². The van der Waals surface area contributed by atoms with Gasteiger partial charge < -0.3 is 9.84 Å². The Hall–Kier alpha value is -2.82. The predicted molar refractivity (Wildman–Crippen MR) is 88.8 cm³/mol. The molecule has 5 nitrogen and oxygen atoms in total. The van der Waals surface area contributed by atoms with Crippen LogP contribution in [0, 0.1) is 0 Å². The van der Waals surface area contributed by atoms with Crippen LogP contribution < -0.4 is 5.32 Å². The number of hydrogen-bond donors (Lipinski definition) is 2. The molecule has 0 unspecified atom stereocenters. The molecule has 0 saturated heterocycles. The number of phenolic OH excluding ortho intramolecular Hbond substituents is 1. The van der Waals surface area contributed by atoms with E-state index in [1.165, 1.54) is 6.07 Å². The summed E-state index contributed by atoms with van der Waals surface area (Å²) in [5.74, 6) is -0.0806. The smallest absolute Gasteiger partial charge is 0.412 e. The van der Waals surface area contributed by atoms with E-state index in [0.29, 0.717) is 12.0 Å². The Labute approximate surface area is 134 Å². The molecule has 0 spiro atoms. The van der Waals surface area contributed by atoms with E-state index in [9.17, 15) is 14.7 Å². The zero-order valence-corrected chi connectivity index (χ0v) is 13.3. The van der Waals surface area contributed by atoms with Crippen LogP contribution in [0.4, 0.5) is 10.5 Å². The summed E-state index contributed by atoms with van der Waals surface area (Å²) in [6, 6.07) is 11.9. The molecule has 5 heteroatoms. The van der Waals surface area contributed by atoms with Crippen LogP contribution in [0.25, 0.3) is 11.1 Å². The number of benzene rings is 2. The largest absolute Gasteiger partial charge is 0.507 e. The average Bonchev–Trinajstić information content (AvgIpc) is 2.45. The number of aromatic hydroxyl groups is 1. The SMILES string of the molecule is CC(C)(C)OC(=O)Nc1cccc(-c2ccc(C=O)c(O)c2)c1. The molecule has 2 aromatic carbocycles. The molecule has 0 aliphatic rings. The monoisotopic (exact) mass is 313 g/mol. The van der Waals surface area contributed by atoms with E-state index >= 15 is 0 Å². The molecule has 0 aliphatic heterocycles. The fraction of sp³-hybridized carbons (Fsp3) is 0.222. The normalized spacial score (nSPS) is 10.9. The van der Waals surface area contributed by atoms with Crippen molar-refractivity contribution in [3.63, 3.8) is 0 Å². The zero-order valence-electron chi connectivity index (χ0n) is 13.3. The lowest BCUT2D eigenvalue weighted by atomic mass is 10.0. The molecule has 0 radical (unpaired) electrons. The van der Waals surface area contributed by atoms with Crippen LogP contribution in [0.1, 0.15) is 31.1 Å². The van der Waals surface area contributed by atoms with E-state index in [2.05, 4.69) is 5.32 Å². The van der Waals surface area contributed by atoms with E-state index in [1.54, 1.807) is 51.1 Å². The molecule has 120 valence electrons. The first-order chi connectivity index (χ1) is 10.8. The summed E-state index contributed by atoms with van der Waals surface area (Å²) in [6.07, 6.45) is 0.0633. The van der Waals surface area contributed by atoms with Gasteiger partial charge in [-0.2, -0.15) is 0 Å². The Balaban J connectivity index is 2.21. The first-order valence-corrected chi connectivity index (χ1v) is 7.17. The molecule has 0 aliphatic carbocycles. The van der Waals surface area contributed by atoms with Gasteiger partial charge in [0.05, 0.1) is 5.56 Å². The lowest BCUT2D eigenvalue weighted by Crippen LogP contribution is -2.27. The molecule has 0 heterocycles. The fourth-order valence-electron chi connectivity index (χ4n) is 2.02. The molecule has 2 N–H and O–H groups in total. The quantitative estimate of drug-likeness (QED) is 0.832. The van der Waals surface area contributed by atoms with Crippen molar-refractivity contribution in [3.05, 3.63) is 48.0 Å². The molecule has 2 rings (SSSR count). The third kappa shape index (κ3) is 4.57. The fourth-order valence-corrected chi connectivity index (χ4v) is 2.02. The summed E-state index contributed by atoms with van der Waals surface area (Å²) in [5, 5.41) is 12.4. The first kappa shape index (κ1) is 16.5. The molecule has 0 bridgehead atoms. The van der Waals surface area contributed by atoms with E-state index in [4.69, 9.17) is 4.74 Å². The number of amides is 1. The first-order valence-electron chi connectivity index (χ1n) is 7.17. The number of carbonyl (C=O) groups is 2. The van der Waals surface area contributed by atoms with Gasteiger partial charge in [-0.05, 0) is 56.2 Å². The Bertz CT molecular complexity index is 732. The highest BCUT2D eigenvalue weighted by Gasteiger charge is 2.16. The second-order valence-electron chi connectivity index (χ2n) is 6.10. The third-order valence-electron chi connectivity index (χ3n) is 3.00. The molecular formula is C18H19NO4. The number of hydrogen-bond acceptors (Lipinski definition) is 4. The lowest BCUT2D eigenvalue weighted by molar-refractivity contribution is 0.0636. The van der Waals surface area contributed by atoms with Gasteiger partial charge in [0.2, 0.25) is 0 Å². The molecule has 0 saturated carbocycles. The Morgan fingerprint density at radius 3 is 2.43 bits per heavy atom. The summed E-state index contributed by atoms with van der Waals surface area (Å²) in [4.78, 5) is 22.5. The minimum Gasteiger partial charge on any atom is -0.507 e. The number of carbonyl (C=O) groups excluding carboxylic acids is 2. The van der Waals surface area contributed by atoms with Crippen molar-refractivity contribution in [2.75, 3.05) is 5.32 Å². The predicted octanol–water partition coefficient (Wildman–Crippen LogP) is 4.22. The van der Waals surface area contributed by atoms with Gasteiger partial charge in [-0.25, -0.2) is 4.79 Å². The number of ether oxygens (including phenoxy) is 1. The summed E-state index contributed by atoms with van der Waals surface area (Å²) in [5.41, 5.74) is 1.78. The molecular weight excluding hydrogens is 294 g/mol. The van der Waals surface area contributed by atoms with Crippen molar-refractivity contribution >= 4 is 18.1 Å². The van der Waals surface area contributed by atoms with Gasteiger partial charge in [0.15, 0.2) is 6.29 Å². The van der Waals surface area contributed by atoms with Crippen LogP contribution in [-0.2, 0) is 4.74 Å². The molecule has 0 atom stereocenters. The summed E-state index contributed by atoms with van der Waals surface area (Å²) >= 11 is 0. The second-order valence-corrected chi connectivity index (χ2v) is 6.10. The van der Waals surface area contributed by atoms with Gasteiger partial charge in [-0.15, -0.1) is 0 Å². The van der Waals surface area contributed by atoms with Crippen LogP contribution in [0.2, 0.25) is 0 Å². The minimum absolute atomic E-state index is 0.0806. The maximum Gasteiger partial charge on any atom is 0.412 e. The van der Waals surface area contributed by atoms with E-state index in [-0.39, 0.29) is 11.3 Å². The molecule has 0 fully saturated rings. The summed E-state index contributed by atoms with van der Waals surface area (Å²) in [6.45, 7) is 5.38. The highest BCUT2D eigenvalue weighted by molar-refractivity contribution is 5.87. The lowest BCUT2D eigenvalue weighted by Gasteiger charge is -2.19. The van der Waals surface area contributed by atoms with Crippen LogP contribution in [0.5, 0.6) is 5.75 Å². The maximum absolute atomic E-state index is 11.8. The summed E-state index contributed by atoms with van der Waals surface area (Å²) in [7, 11) is 0.